The molecule has 0 unspecified atom stereocenters. The summed E-state index contributed by atoms with van der Waals surface area (Å²) in [5, 5.41) is 35.8. The van der Waals surface area contributed by atoms with Crippen LogP contribution < -0.4 is 14.7 Å². The molecule has 110 valence electrons. The fraction of sp³-hybridized carbons (Fsp3) is 0. The van der Waals surface area contributed by atoms with Crippen LogP contribution in [0.25, 0.3) is 11.1 Å². The highest BCUT2D eigenvalue weighted by Crippen LogP contribution is 2.46. The van der Waals surface area contributed by atoms with Gasteiger partial charge in [0.05, 0.1) is 5.56 Å². The average molecular weight is 294 g/mol. The molecule has 0 aliphatic rings. The van der Waals surface area contributed by atoms with Gasteiger partial charge in [-0.3, -0.25) is 0 Å². The molecule has 0 atom stereocenters. The van der Waals surface area contributed by atoms with Crippen LogP contribution in [0.1, 0.15) is 10.4 Å². The third kappa shape index (κ3) is 2.58. The van der Waals surface area contributed by atoms with E-state index < -0.39 is 23.2 Å². The van der Waals surface area contributed by atoms with Gasteiger partial charge < -0.3 is 19.8 Å². The molecule has 0 radical (unpaired) electrons. The van der Waals surface area contributed by atoms with Crippen molar-refractivity contribution in [3.05, 3.63) is 42.0 Å². The maximum atomic E-state index is 11.4. The van der Waals surface area contributed by atoms with Crippen LogP contribution in [0.3, 0.4) is 0 Å². The van der Waals surface area contributed by atoms with E-state index in [2.05, 4.69) is 14.7 Å². The lowest BCUT2D eigenvalue weighted by Gasteiger charge is -2.14. The topological polar surface area (TPSA) is 126 Å². The van der Waals surface area contributed by atoms with Gasteiger partial charge in [0.15, 0.2) is 0 Å². The third-order valence-corrected chi connectivity index (χ3v) is 2.78. The van der Waals surface area contributed by atoms with Gasteiger partial charge in [0.25, 0.3) is 5.75 Å². The Morgan fingerprint density at radius 2 is 1.52 bits per heavy atom. The van der Waals surface area contributed by atoms with Crippen LogP contribution in [0.4, 0.5) is 0 Å². The first-order valence-corrected chi connectivity index (χ1v) is 5.58. The van der Waals surface area contributed by atoms with Gasteiger partial charge >= 0.3 is 5.97 Å². The van der Waals surface area contributed by atoms with Gasteiger partial charge in [-0.15, -0.1) is 0 Å². The Kier molecular flexibility index (Phi) is 4.24. The van der Waals surface area contributed by atoms with Gasteiger partial charge in [-0.1, -0.05) is 30.3 Å². The highest BCUT2D eigenvalue weighted by Gasteiger charge is 2.27. The van der Waals surface area contributed by atoms with Gasteiger partial charge in [0.2, 0.25) is 11.5 Å². The molecule has 0 fully saturated rings. The van der Waals surface area contributed by atoms with E-state index >= 15 is 0 Å². The van der Waals surface area contributed by atoms with Crippen molar-refractivity contribution >= 4 is 5.97 Å². The largest absolute Gasteiger partial charge is 0.478 e. The first kappa shape index (κ1) is 14.6. The van der Waals surface area contributed by atoms with Gasteiger partial charge in [0, 0.05) is 11.6 Å². The number of rotatable bonds is 5. The van der Waals surface area contributed by atoms with Gasteiger partial charge in [0.1, 0.15) is 0 Å². The Labute approximate surface area is 117 Å². The molecule has 2 rings (SSSR count). The first-order valence-electron chi connectivity index (χ1n) is 5.58. The first-order chi connectivity index (χ1) is 10.1. The van der Waals surface area contributed by atoms with Gasteiger partial charge in [-0.05, 0) is 5.56 Å². The molecule has 0 aliphatic heterocycles. The minimum Gasteiger partial charge on any atom is -0.478 e. The molecule has 2 aromatic carbocycles. The molecule has 0 aliphatic carbocycles. The Bertz CT molecular complexity index is 653. The predicted octanol–water partition coefficient (Wildman–Crippen LogP) is 2.61. The second-order valence-electron chi connectivity index (χ2n) is 3.90. The number of hydrogen-bond acceptors (Lipinski definition) is 7. The average Bonchev–Trinajstić information content (AvgIpc) is 2.53. The number of carboxylic acid groups (broad SMARTS) is 1. The van der Waals surface area contributed by atoms with Crippen molar-refractivity contribution in [2.24, 2.45) is 0 Å². The Balaban J connectivity index is 2.85. The Hall–Kier alpha value is -2.81. The van der Waals surface area contributed by atoms with E-state index in [1.165, 1.54) is 0 Å². The van der Waals surface area contributed by atoms with E-state index in [1.54, 1.807) is 30.3 Å². The van der Waals surface area contributed by atoms with Crippen LogP contribution in [-0.4, -0.2) is 26.8 Å². The molecule has 0 saturated carbocycles. The molecule has 2 aromatic rings. The number of benzene rings is 2. The third-order valence-electron chi connectivity index (χ3n) is 2.78. The van der Waals surface area contributed by atoms with Crippen LogP contribution in [0.15, 0.2) is 36.4 Å². The zero-order chi connectivity index (χ0) is 15.4. The summed E-state index contributed by atoms with van der Waals surface area (Å²) in [5.41, 5.74) is -0.0210. The summed E-state index contributed by atoms with van der Waals surface area (Å²) in [5.74, 6) is -3.01. The summed E-state index contributed by atoms with van der Waals surface area (Å²) < 4.78 is 0. The fourth-order valence-corrected chi connectivity index (χ4v) is 1.92. The van der Waals surface area contributed by atoms with Crippen molar-refractivity contribution in [1.82, 2.24) is 0 Å². The lowest BCUT2D eigenvalue weighted by atomic mass is 9.97. The van der Waals surface area contributed by atoms with Crippen molar-refractivity contribution in [2.45, 2.75) is 0 Å². The molecular formula is C13H10O8. The zero-order valence-corrected chi connectivity index (χ0v) is 10.4. The number of hydrogen-bond donors (Lipinski definition) is 4. The SMILES string of the molecule is O=C(O)c1cc(OO)c(OO)c(OO)c1-c1ccccc1. The number of aromatic carboxylic acids is 1. The standard InChI is InChI=1S/C13H10O8/c14-13(15)8-6-9(19-16)11(20-17)12(21-18)10(8)7-4-2-1-3-5-7/h1-6,16-18H,(H,14,15). The summed E-state index contributed by atoms with van der Waals surface area (Å²) in [6.45, 7) is 0. The normalized spacial score (nSPS) is 10.0. The van der Waals surface area contributed by atoms with Crippen molar-refractivity contribution in [2.75, 3.05) is 0 Å². The maximum absolute atomic E-state index is 11.4. The monoisotopic (exact) mass is 294 g/mol. The quantitative estimate of drug-likeness (QED) is 0.489. The zero-order valence-electron chi connectivity index (χ0n) is 10.4. The molecule has 0 amide bonds. The van der Waals surface area contributed by atoms with Crippen LogP contribution in [0.2, 0.25) is 0 Å². The van der Waals surface area contributed by atoms with E-state index in [0.717, 1.165) is 6.07 Å². The fourth-order valence-electron chi connectivity index (χ4n) is 1.92. The highest BCUT2D eigenvalue weighted by molar-refractivity contribution is 5.99. The van der Waals surface area contributed by atoms with Crippen molar-refractivity contribution in [3.63, 3.8) is 0 Å². The summed E-state index contributed by atoms with van der Waals surface area (Å²) in [6.07, 6.45) is 0. The molecule has 8 heteroatoms. The molecule has 0 heterocycles. The summed E-state index contributed by atoms with van der Waals surface area (Å²) in [7, 11) is 0. The molecule has 8 nitrogen and oxygen atoms in total. The molecule has 0 saturated heterocycles. The Morgan fingerprint density at radius 1 is 0.905 bits per heavy atom. The van der Waals surface area contributed by atoms with Gasteiger partial charge in [-0.25, -0.2) is 20.6 Å². The molecule has 0 spiro atoms. The van der Waals surface area contributed by atoms with E-state index in [4.69, 9.17) is 15.8 Å². The smallest absolute Gasteiger partial charge is 0.336 e. The van der Waals surface area contributed by atoms with Crippen molar-refractivity contribution in [3.8, 4) is 28.4 Å². The minimum atomic E-state index is -1.37. The van der Waals surface area contributed by atoms with Crippen molar-refractivity contribution in [1.29, 1.82) is 0 Å². The summed E-state index contributed by atoms with van der Waals surface area (Å²) >= 11 is 0. The van der Waals surface area contributed by atoms with Crippen molar-refractivity contribution < 1.29 is 40.3 Å². The van der Waals surface area contributed by atoms with Crippen LogP contribution in [0, 0.1) is 0 Å². The Morgan fingerprint density at radius 3 is 2.00 bits per heavy atom. The van der Waals surface area contributed by atoms with Crippen LogP contribution in [0.5, 0.6) is 17.2 Å². The lowest BCUT2D eigenvalue weighted by molar-refractivity contribution is -0.177. The molecule has 0 aromatic heterocycles. The van der Waals surface area contributed by atoms with E-state index in [0.29, 0.717) is 5.56 Å². The lowest BCUT2D eigenvalue weighted by Crippen LogP contribution is -2.05. The molecule has 4 N–H and O–H groups in total. The second kappa shape index (κ2) is 6.09. The molecule has 21 heavy (non-hydrogen) atoms. The minimum absolute atomic E-state index is 0.0598. The maximum Gasteiger partial charge on any atom is 0.336 e. The molecule has 0 bridgehead atoms. The number of carboxylic acids is 1. The van der Waals surface area contributed by atoms with E-state index in [1.807, 2.05) is 0 Å². The van der Waals surface area contributed by atoms with Crippen LogP contribution >= 0.6 is 0 Å². The van der Waals surface area contributed by atoms with Crippen LogP contribution in [-0.2, 0) is 0 Å². The predicted molar refractivity (Wildman–Crippen MR) is 68.6 cm³/mol. The van der Waals surface area contributed by atoms with Gasteiger partial charge in [-0.2, -0.15) is 0 Å². The summed E-state index contributed by atoms with van der Waals surface area (Å²) in [4.78, 5) is 23.4. The van der Waals surface area contributed by atoms with E-state index in [-0.39, 0.29) is 11.1 Å². The second-order valence-corrected chi connectivity index (χ2v) is 3.90. The summed E-state index contributed by atoms with van der Waals surface area (Å²) in [6, 6.07) is 9.02. The number of carbonyl (C=O) groups is 1. The van der Waals surface area contributed by atoms with E-state index in [9.17, 15) is 9.90 Å². The highest BCUT2D eigenvalue weighted by atomic mass is 17.1. The molecular weight excluding hydrogens is 284 g/mol.